The summed E-state index contributed by atoms with van der Waals surface area (Å²) < 4.78 is 34.5. The Morgan fingerprint density at radius 3 is 1.19 bits per heavy atom. The second-order valence-corrected chi connectivity index (χ2v) is 10.7. The molecule has 2 fully saturated rings. The molecule has 0 aliphatic heterocycles. The molecule has 0 spiro atoms. The Morgan fingerprint density at radius 1 is 0.535 bits per heavy atom. The molecule has 43 heavy (non-hydrogen) atoms. The molecule has 9 heteroatoms. The third-order valence-electron chi connectivity index (χ3n) is 8.22. The van der Waals surface area contributed by atoms with Crippen LogP contribution in [-0.2, 0) is 42.8 Å². The summed E-state index contributed by atoms with van der Waals surface area (Å²) in [4.78, 5) is 40.1. The van der Waals surface area contributed by atoms with Gasteiger partial charge in [-0.3, -0.25) is 0 Å². The van der Waals surface area contributed by atoms with Crippen LogP contribution in [0.1, 0.15) is 47.8 Å². The van der Waals surface area contributed by atoms with Crippen molar-refractivity contribution < 1.29 is 42.8 Å². The van der Waals surface area contributed by atoms with Gasteiger partial charge >= 0.3 is 17.9 Å². The van der Waals surface area contributed by atoms with Crippen molar-refractivity contribution in [1.29, 1.82) is 0 Å². The van der Waals surface area contributed by atoms with Gasteiger partial charge in [-0.1, -0.05) is 91.0 Å². The lowest BCUT2D eigenvalue weighted by atomic mass is 9.94. The van der Waals surface area contributed by atoms with Crippen molar-refractivity contribution >= 4 is 17.9 Å². The zero-order chi connectivity index (χ0) is 30.3. The Morgan fingerprint density at radius 2 is 0.860 bits per heavy atom. The van der Waals surface area contributed by atoms with E-state index in [0.717, 1.165) is 0 Å². The van der Waals surface area contributed by atoms with Crippen molar-refractivity contribution in [3.8, 4) is 0 Å². The number of carbonyl (C=O) groups excluding carboxylic acids is 3. The van der Waals surface area contributed by atoms with Crippen LogP contribution in [-0.4, -0.2) is 57.5 Å². The molecule has 2 bridgehead atoms. The molecule has 2 aliphatic rings. The summed E-state index contributed by atoms with van der Waals surface area (Å²) >= 11 is 0. The summed E-state index contributed by atoms with van der Waals surface area (Å²) in [6, 6.07) is 27.2. The second-order valence-electron chi connectivity index (χ2n) is 10.7. The predicted molar refractivity (Wildman–Crippen MR) is 154 cm³/mol. The van der Waals surface area contributed by atoms with Crippen LogP contribution in [0.2, 0.25) is 0 Å². The van der Waals surface area contributed by atoms with Crippen LogP contribution in [0.5, 0.6) is 0 Å². The van der Waals surface area contributed by atoms with E-state index in [2.05, 4.69) is 0 Å². The number of carbonyl (C=O) groups is 3. The summed E-state index contributed by atoms with van der Waals surface area (Å²) in [5.74, 6) is -2.49. The van der Waals surface area contributed by atoms with Crippen LogP contribution < -0.4 is 0 Å². The molecule has 0 radical (unpaired) electrons. The maximum Gasteiger partial charge on any atom is 0.340 e. The van der Waals surface area contributed by atoms with Crippen LogP contribution in [0.15, 0.2) is 91.0 Å². The minimum absolute atomic E-state index is 0.201. The van der Waals surface area contributed by atoms with Gasteiger partial charge in [0.2, 0.25) is 0 Å². The Kier molecular flexibility index (Phi) is 9.86. The molecule has 5 rings (SSSR count). The zero-order valence-corrected chi connectivity index (χ0v) is 24.4. The van der Waals surface area contributed by atoms with Crippen LogP contribution in [0.25, 0.3) is 0 Å². The van der Waals surface area contributed by atoms with Crippen molar-refractivity contribution in [2.75, 3.05) is 21.3 Å². The molecular weight excluding hydrogens is 552 g/mol. The standard InChI is InChI=1S/C34H36O9/c1-38-29(21-13-7-4-8-14-21)32(35)41-25-19-24-20-26(42-33(36)30(39-2)22-15-9-5-10-16-22)27(25)28(24)43-34(37)31(40-3)23-17-11-6-12-18-23/h4-18,24-31H,19-20H2,1-3H3/t24?,25?,26?,27?,28?,29-,30-,31-/m0/s1. The van der Waals surface area contributed by atoms with E-state index in [1.807, 2.05) is 54.6 Å². The second kappa shape index (κ2) is 13.9. The fourth-order valence-electron chi connectivity index (χ4n) is 6.29. The van der Waals surface area contributed by atoms with E-state index in [1.54, 1.807) is 36.4 Å². The first kappa shape index (κ1) is 30.4. The molecule has 0 amide bonds. The van der Waals surface area contributed by atoms with E-state index in [-0.39, 0.29) is 5.92 Å². The van der Waals surface area contributed by atoms with Crippen LogP contribution in [0, 0.1) is 11.8 Å². The molecule has 0 aromatic heterocycles. The summed E-state index contributed by atoms with van der Waals surface area (Å²) in [6.45, 7) is 0. The van der Waals surface area contributed by atoms with Crippen LogP contribution in [0.4, 0.5) is 0 Å². The fraction of sp³-hybridized carbons (Fsp3) is 0.382. The van der Waals surface area contributed by atoms with Gasteiger partial charge in [-0.2, -0.15) is 0 Å². The van der Waals surface area contributed by atoms with Gasteiger partial charge in [0.1, 0.15) is 18.3 Å². The summed E-state index contributed by atoms with van der Waals surface area (Å²) in [5, 5.41) is 0. The van der Waals surface area contributed by atoms with Gasteiger partial charge < -0.3 is 28.4 Å². The average Bonchev–Trinajstić information content (AvgIpc) is 3.52. The Hall–Kier alpha value is -4.05. The summed E-state index contributed by atoms with van der Waals surface area (Å²) in [7, 11) is 4.33. The monoisotopic (exact) mass is 588 g/mol. The van der Waals surface area contributed by atoms with Crippen molar-refractivity contribution in [3.63, 3.8) is 0 Å². The topological polar surface area (TPSA) is 107 Å². The highest BCUT2D eigenvalue weighted by molar-refractivity contribution is 5.78. The molecule has 0 N–H and O–H groups in total. The third kappa shape index (κ3) is 6.64. The van der Waals surface area contributed by atoms with Crippen molar-refractivity contribution in [2.45, 2.75) is 49.5 Å². The lowest BCUT2D eigenvalue weighted by molar-refractivity contribution is -0.178. The number of hydrogen-bond acceptors (Lipinski definition) is 9. The highest BCUT2D eigenvalue weighted by atomic mass is 16.6. The Labute approximate surface area is 251 Å². The van der Waals surface area contributed by atoms with E-state index in [9.17, 15) is 14.4 Å². The van der Waals surface area contributed by atoms with E-state index < -0.39 is 60.4 Å². The highest BCUT2D eigenvalue weighted by Gasteiger charge is 2.59. The van der Waals surface area contributed by atoms with Crippen molar-refractivity contribution in [3.05, 3.63) is 108 Å². The normalized spacial score (nSPS) is 24.5. The van der Waals surface area contributed by atoms with Gasteiger partial charge in [0.15, 0.2) is 18.3 Å². The van der Waals surface area contributed by atoms with E-state index in [4.69, 9.17) is 28.4 Å². The van der Waals surface area contributed by atoms with Gasteiger partial charge in [-0.25, -0.2) is 14.4 Å². The van der Waals surface area contributed by atoms with Gasteiger partial charge in [-0.05, 0) is 29.5 Å². The van der Waals surface area contributed by atoms with Crippen molar-refractivity contribution in [1.82, 2.24) is 0 Å². The predicted octanol–water partition coefficient (Wildman–Crippen LogP) is 4.92. The first-order valence-electron chi connectivity index (χ1n) is 14.3. The molecular formula is C34H36O9. The number of ether oxygens (including phenoxy) is 6. The zero-order valence-electron chi connectivity index (χ0n) is 24.4. The molecule has 9 nitrogen and oxygen atoms in total. The Balaban J connectivity index is 1.37. The molecule has 2 aliphatic carbocycles. The molecule has 3 unspecified atom stereocenters. The summed E-state index contributed by atoms with van der Waals surface area (Å²) in [6.07, 6.45) is -3.90. The Bertz CT molecular complexity index is 1290. The third-order valence-corrected chi connectivity index (χ3v) is 8.22. The number of esters is 3. The lowest BCUT2D eigenvalue weighted by Gasteiger charge is -2.31. The van der Waals surface area contributed by atoms with Gasteiger partial charge in [0, 0.05) is 27.2 Å². The number of methoxy groups -OCH3 is 3. The van der Waals surface area contributed by atoms with Gasteiger partial charge in [-0.15, -0.1) is 0 Å². The van der Waals surface area contributed by atoms with Gasteiger partial charge in [0.05, 0.1) is 5.92 Å². The molecule has 3 aromatic rings. The maximum atomic E-state index is 13.4. The minimum Gasteiger partial charge on any atom is -0.460 e. The van der Waals surface area contributed by atoms with Crippen molar-refractivity contribution in [2.24, 2.45) is 11.8 Å². The number of rotatable bonds is 12. The lowest BCUT2D eigenvalue weighted by Crippen LogP contribution is -2.40. The fourth-order valence-corrected chi connectivity index (χ4v) is 6.29. The molecule has 2 saturated carbocycles. The van der Waals surface area contributed by atoms with Crippen LogP contribution in [0.3, 0.4) is 0 Å². The maximum absolute atomic E-state index is 13.4. The van der Waals surface area contributed by atoms with Gasteiger partial charge in [0.25, 0.3) is 0 Å². The smallest absolute Gasteiger partial charge is 0.340 e. The molecule has 226 valence electrons. The largest absolute Gasteiger partial charge is 0.460 e. The highest BCUT2D eigenvalue weighted by Crippen LogP contribution is 2.50. The molecule has 6 atom stereocenters. The SMILES string of the molecule is CO[C@H](C(=O)OC1CC2CC(OC(=O)[C@@H](OC)c3ccccc3)C1C2OC(=O)[C@@H](OC)c1ccccc1)c1ccccc1. The number of hydrogen-bond donors (Lipinski definition) is 0. The van der Waals surface area contributed by atoms with E-state index >= 15 is 0 Å². The molecule has 0 heterocycles. The van der Waals surface area contributed by atoms with Crippen LogP contribution >= 0.6 is 0 Å². The first-order chi connectivity index (χ1) is 20.9. The first-order valence-corrected chi connectivity index (χ1v) is 14.3. The van der Waals surface area contributed by atoms with E-state index in [1.165, 1.54) is 21.3 Å². The number of benzene rings is 3. The average molecular weight is 589 g/mol. The van der Waals surface area contributed by atoms with E-state index in [0.29, 0.717) is 29.5 Å². The minimum atomic E-state index is -0.936. The molecule has 0 saturated heterocycles. The molecule has 3 aromatic carbocycles. The number of fused-ring (bicyclic) bond motifs is 2. The summed E-state index contributed by atoms with van der Waals surface area (Å²) in [5.41, 5.74) is 1.96. The quantitative estimate of drug-likeness (QED) is 0.215.